The molecule has 0 saturated carbocycles. The van der Waals surface area contributed by atoms with Crippen molar-refractivity contribution in [2.24, 2.45) is 0 Å². The standard InChI is InChI=1S/C26H30N2O4S/c1-5-25(21-11-13-23(32-4)14-12-21)27-26(29)18-28(22-16-19(2)15-20(3)17-22)33(30,31)24-9-7-6-8-10-24/h6-17,25H,5,18H2,1-4H3,(H,27,29)/t25-/m0/s1. The number of carbonyl (C=O) groups excluding carboxylic acids is 1. The maximum Gasteiger partial charge on any atom is 0.264 e. The fourth-order valence-electron chi connectivity index (χ4n) is 3.76. The van der Waals surface area contributed by atoms with Gasteiger partial charge in [-0.25, -0.2) is 8.42 Å². The third-order valence-corrected chi connectivity index (χ3v) is 7.16. The molecule has 3 aromatic rings. The first-order valence-corrected chi connectivity index (χ1v) is 12.3. The summed E-state index contributed by atoms with van der Waals surface area (Å²) in [5.74, 6) is 0.353. The van der Waals surface area contributed by atoms with Gasteiger partial charge in [0.05, 0.1) is 23.7 Å². The Morgan fingerprint density at radius 2 is 1.58 bits per heavy atom. The van der Waals surface area contributed by atoms with E-state index in [1.54, 1.807) is 37.4 Å². The molecule has 6 nitrogen and oxygen atoms in total. The van der Waals surface area contributed by atoms with Crippen molar-refractivity contribution in [2.75, 3.05) is 18.0 Å². The van der Waals surface area contributed by atoms with Crippen LogP contribution in [-0.2, 0) is 14.8 Å². The van der Waals surface area contributed by atoms with Crippen molar-refractivity contribution in [3.63, 3.8) is 0 Å². The van der Waals surface area contributed by atoms with Crippen LogP contribution < -0.4 is 14.4 Å². The lowest BCUT2D eigenvalue weighted by atomic mass is 10.0. The number of amides is 1. The fourth-order valence-corrected chi connectivity index (χ4v) is 5.18. The maximum atomic E-state index is 13.5. The zero-order valence-corrected chi connectivity index (χ0v) is 20.2. The molecule has 0 radical (unpaired) electrons. The first kappa shape index (κ1) is 24.3. The zero-order chi connectivity index (χ0) is 24.0. The third-order valence-electron chi connectivity index (χ3n) is 5.37. The van der Waals surface area contributed by atoms with Gasteiger partial charge < -0.3 is 10.1 Å². The summed E-state index contributed by atoms with van der Waals surface area (Å²) in [6, 6.07) is 20.9. The van der Waals surface area contributed by atoms with E-state index in [0.717, 1.165) is 22.4 Å². The number of rotatable bonds is 9. The molecule has 33 heavy (non-hydrogen) atoms. The van der Waals surface area contributed by atoms with Crippen LogP contribution in [0.2, 0.25) is 0 Å². The van der Waals surface area contributed by atoms with Gasteiger partial charge in [0.25, 0.3) is 10.0 Å². The van der Waals surface area contributed by atoms with Gasteiger partial charge in [0.1, 0.15) is 12.3 Å². The third kappa shape index (κ3) is 5.93. The molecule has 0 aromatic heterocycles. The predicted octanol–water partition coefficient (Wildman–Crippen LogP) is 4.77. The summed E-state index contributed by atoms with van der Waals surface area (Å²) in [4.78, 5) is 13.2. The lowest BCUT2D eigenvalue weighted by Gasteiger charge is -2.26. The smallest absolute Gasteiger partial charge is 0.264 e. The quantitative estimate of drug-likeness (QED) is 0.493. The highest BCUT2D eigenvalue weighted by Crippen LogP contribution is 2.26. The van der Waals surface area contributed by atoms with Crippen molar-refractivity contribution in [3.8, 4) is 5.75 Å². The summed E-state index contributed by atoms with van der Waals surface area (Å²) in [6.45, 7) is 5.45. The highest BCUT2D eigenvalue weighted by Gasteiger charge is 2.28. The van der Waals surface area contributed by atoms with Crippen LogP contribution in [0, 0.1) is 13.8 Å². The molecule has 0 aliphatic rings. The highest BCUT2D eigenvalue weighted by atomic mass is 32.2. The van der Waals surface area contributed by atoms with Gasteiger partial charge in [-0.15, -0.1) is 0 Å². The molecule has 0 heterocycles. The average molecular weight is 467 g/mol. The number of nitrogens with zero attached hydrogens (tertiary/aromatic N) is 1. The number of aryl methyl sites for hydroxylation is 2. The van der Waals surface area contributed by atoms with Crippen molar-refractivity contribution >= 4 is 21.6 Å². The number of carbonyl (C=O) groups is 1. The molecule has 0 aliphatic heterocycles. The Morgan fingerprint density at radius 1 is 0.970 bits per heavy atom. The number of anilines is 1. The van der Waals surface area contributed by atoms with Crippen LogP contribution in [0.15, 0.2) is 77.7 Å². The minimum absolute atomic E-state index is 0.138. The van der Waals surface area contributed by atoms with E-state index in [-0.39, 0.29) is 23.4 Å². The van der Waals surface area contributed by atoms with Gasteiger partial charge in [-0.2, -0.15) is 0 Å². The minimum atomic E-state index is -3.94. The summed E-state index contributed by atoms with van der Waals surface area (Å²) in [5, 5.41) is 2.99. The van der Waals surface area contributed by atoms with Gasteiger partial charge in [0.15, 0.2) is 0 Å². The first-order valence-electron chi connectivity index (χ1n) is 10.8. The Hall–Kier alpha value is -3.32. The molecule has 0 spiro atoms. The number of methoxy groups -OCH3 is 1. The van der Waals surface area contributed by atoms with Crippen LogP contribution in [-0.4, -0.2) is 28.0 Å². The largest absolute Gasteiger partial charge is 0.497 e. The van der Waals surface area contributed by atoms with E-state index in [4.69, 9.17) is 4.74 Å². The Kier molecular flexibility index (Phi) is 7.76. The highest BCUT2D eigenvalue weighted by molar-refractivity contribution is 7.92. The SMILES string of the molecule is CC[C@H](NC(=O)CN(c1cc(C)cc(C)c1)S(=O)(=O)c1ccccc1)c1ccc(OC)cc1. The number of hydrogen-bond acceptors (Lipinski definition) is 4. The van der Waals surface area contributed by atoms with Crippen molar-refractivity contribution in [3.05, 3.63) is 89.5 Å². The van der Waals surface area contributed by atoms with Crippen molar-refractivity contribution < 1.29 is 17.9 Å². The Morgan fingerprint density at radius 3 is 2.12 bits per heavy atom. The summed E-state index contributed by atoms with van der Waals surface area (Å²) in [6.07, 6.45) is 0.660. The minimum Gasteiger partial charge on any atom is -0.497 e. The molecule has 1 atom stereocenters. The Labute approximate surface area is 196 Å². The van der Waals surface area contributed by atoms with Crippen LogP contribution in [0.1, 0.15) is 36.1 Å². The molecule has 174 valence electrons. The molecule has 0 bridgehead atoms. The molecule has 1 amide bonds. The lowest BCUT2D eigenvalue weighted by Crippen LogP contribution is -2.42. The number of ether oxygens (including phenoxy) is 1. The molecule has 0 saturated heterocycles. The van der Waals surface area contributed by atoms with Crippen LogP contribution in [0.4, 0.5) is 5.69 Å². The van der Waals surface area contributed by atoms with Crippen molar-refractivity contribution in [1.29, 1.82) is 0 Å². The van der Waals surface area contributed by atoms with Gasteiger partial charge in [-0.1, -0.05) is 43.3 Å². The Bertz CT molecular complexity index is 1170. The van der Waals surface area contributed by atoms with E-state index in [1.807, 2.05) is 51.1 Å². The maximum absolute atomic E-state index is 13.5. The van der Waals surface area contributed by atoms with Gasteiger partial charge in [-0.05, 0) is 73.4 Å². The summed E-state index contributed by atoms with van der Waals surface area (Å²) in [5.41, 5.74) is 3.23. The van der Waals surface area contributed by atoms with Crippen LogP contribution in [0.5, 0.6) is 5.75 Å². The van der Waals surface area contributed by atoms with E-state index in [2.05, 4.69) is 5.32 Å². The van der Waals surface area contributed by atoms with Gasteiger partial charge >= 0.3 is 0 Å². The molecule has 0 fully saturated rings. The lowest BCUT2D eigenvalue weighted by molar-refractivity contribution is -0.120. The van der Waals surface area contributed by atoms with E-state index >= 15 is 0 Å². The van der Waals surface area contributed by atoms with Crippen LogP contribution >= 0.6 is 0 Å². The van der Waals surface area contributed by atoms with E-state index < -0.39 is 10.0 Å². The summed E-state index contributed by atoms with van der Waals surface area (Å²) < 4.78 is 33.4. The number of sulfonamides is 1. The molecule has 0 aliphatic carbocycles. The molecule has 7 heteroatoms. The van der Waals surface area contributed by atoms with E-state index in [0.29, 0.717) is 12.1 Å². The second-order valence-corrected chi connectivity index (χ2v) is 9.83. The van der Waals surface area contributed by atoms with Crippen LogP contribution in [0.3, 0.4) is 0 Å². The monoisotopic (exact) mass is 466 g/mol. The number of hydrogen-bond donors (Lipinski definition) is 1. The summed E-state index contributed by atoms with van der Waals surface area (Å²) >= 11 is 0. The molecule has 0 unspecified atom stereocenters. The summed E-state index contributed by atoms with van der Waals surface area (Å²) in [7, 11) is -2.34. The topological polar surface area (TPSA) is 75.7 Å². The normalized spacial score (nSPS) is 12.1. The number of nitrogens with one attached hydrogen (secondary N) is 1. The Balaban J connectivity index is 1.91. The van der Waals surface area contributed by atoms with E-state index in [9.17, 15) is 13.2 Å². The van der Waals surface area contributed by atoms with Gasteiger partial charge in [0, 0.05) is 0 Å². The molecular weight excluding hydrogens is 436 g/mol. The molecule has 1 N–H and O–H groups in total. The fraction of sp³-hybridized carbons (Fsp3) is 0.269. The molecule has 3 rings (SSSR count). The van der Waals surface area contributed by atoms with Gasteiger partial charge in [-0.3, -0.25) is 9.10 Å². The number of benzene rings is 3. The average Bonchev–Trinajstić information content (AvgIpc) is 2.81. The first-order chi connectivity index (χ1) is 15.7. The van der Waals surface area contributed by atoms with Crippen LogP contribution in [0.25, 0.3) is 0 Å². The predicted molar refractivity (Wildman–Crippen MR) is 131 cm³/mol. The van der Waals surface area contributed by atoms with E-state index in [1.165, 1.54) is 16.4 Å². The zero-order valence-electron chi connectivity index (χ0n) is 19.4. The molecular formula is C26H30N2O4S. The molecule has 3 aromatic carbocycles. The van der Waals surface area contributed by atoms with Crippen molar-refractivity contribution in [1.82, 2.24) is 5.32 Å². The second-order valence-electron chi connectivity index (χ2n) is 7.97. The van der Waals surface area contributed by atoms with Crippen molar-refractivity contribution in [2.45, 2.75) is 38.1 Å². The second kappa shape index (κ2) is 10.5. The van der Waals surface area contributed by atoms with Gasteiger partial charge in [0.2, 0.25) is 5.91 Å².